The van der Waals surface area contributed by atoms with Crippen molar-refractivity contribution in [1.82, 2.24) is 9.55 Å². The third-order valence-electron chi connectivity index (χ3n) is 9.33. The lowest BCUT2D eigenvalue weighted by molar-refractivity contribution is 0.631. The maximum absolute atomic E-state index is 7.54. The molecular formula is C52H65N7. The number of anilines is 1. The molecule has 1 aliphatic heterocycles. The molecule has 0 atom stereocenters. The normalized spacial score (nSPS) is 11.7. The van der Waals surface area contributed by atoms with Gasteiger partial charge in [0.1, 0.15) is 11.7 Å². The summed E-state index contributed by atoms with van der Waals surface area (Å²) in [5, 5.41) is 7.32. The number of amidine groups is 1. The second-order valence-corrected chi connectivity index (χ2v) is 16.3. The summed E-state index contributed by atoms with van der Waals surface area (Å²) in [5.74, 6) is 4.11. The predicted octanol–water partition coefficient (Wildman–Crippen LogP) is 13.9. The quantitative estimate of drug-likeness (QED) is 0.118. The van der Waals surface area contributed by atoms with Crippen molar-refractivity contribution in [2.45, 2.75) is 102 Å². The molecule has 0 saturated heterocycles. The maximum atomic E-state index is 7.54. The SMILES string of the molecule is CC.CC#N.[C-]#[N+]c1cc(CC(C)C)c(-n2ccnc2-c2ccccc2)c(CC(C)C)c1.[C-]#[N+]c1cc(CC(C)C)c(N2CCN=C2c2ccccc2)c(CC(C)C)c1. The minimum Gasteiger partial charge on any atom is -0.324 e. The van der Waals surface area contributed by atoms with E-state index in [9.17, 15) is 0 Å². The number of nitrogens with zero attached hydrogens (tertiary/aromatic N) is 7. The van der Waals surface area contributed by atoms with E-state index in [4.69, 9.17) is 23.4 Å². The summed E-state index contributed by atoms with van der Waals surface area (Å²) in [6.07, 6.45) is 7.74. The van der Waals surface area contributed by atoms with Crippen LogP contribution in [0.15, 0.2) is 102 Å². The zero-order valence-corrected chi connectivity index (χ0v) is 37.4. The van der Waals surface area contributed by atoms with Gasteiger partial charge >= 0.3 is 0 Å². The fourth-order valence-corrected chi connectivity index (χ4v) is 7.43. The van der Waals surface area contributed by atoms with Crippen LogP contribution in [-0.4, -0.2) is 28.5 Å². The first-order chi connectivity index (χ1) is 28.4. The zero-order valence-electron chi connectivity index (χ0n) is 37.4. The van der Waals surface area contributed by atoms with Crippen LogP contribution in [0, 0.1) is 48.1 Å². The lowest BCUT2D eigenvalue weighted by Gasteiger charge is -2.28. The monoisotopic (exact) mass is 788 g/mol. The van der Waals surface area contributed by atoms with Crippen LogP contribution in [0.25, 0.3) is 26.8 Å². The van der Waals surface area contributed by atoms with Gasteiger partial charge in [0.05, 0.1) is 31.4 Å². The molecule has 308 valence electrons. The van der Waals surface area contributed by atoms with Gasteiger partial charge in [-0.2, -0.15) is 5.26 Å². The Morgan fingerprint density at radius 2 is 1.03 bits per heavy atom. The predicted molar refractivity (Wildman–Crippen MR) is 250 cm³/mol. The van der Waals surface area contributed by atoms with Crippen molar-refractivity contribution >= 4 is 22.9 Å². The highest BCUT2D eigenvalue weighted by atomic mass is 15.2. The third-order valence-corrected chi connectivity index (χ3v) is 9.33. The van der Waals surface area contributed by atoms with Crippen LogP contribution in [0.4, 0.5) is 17.1 Å². The summed E-state index contributed by atoms with van der Waals surface area (Å²) in [5.41, 5.74) is 11.2. The van der Waals surface area contributed by atoms with Crippen molar-refractivity contribution < 1.29 is 0 Å². The summed E-state index contributed by atoms with van der Waals surface area (Å²) in [7, 11) is 0. The highest BCUT2D eigenvalue weighted by Crippen LogP contribution is 2.37. The average molecular weight is 788 g/mol. The fourth-order valence-electron chi connectivity index (χ4n) is 7.43. The second kappa shape index (κ2) is 24.1. The minimum absolute atomic E-state index is 0.514. The van der Waals surface area contributed by atoms with E-state index in [2.05, 4.69) is 140 Å². The second-order valence-electron chi connectivity index (χ2n) is 16.3. The van der Waals surface area contributed by atoms with Crippen LogP contribution in [-0.2, 0) is 25.7 Å². The van der Waals surface area contributed by atoms with Gasteiger partial charge in [0.15, 0.2) is 11.4 Å². The number of rotatable bonds is 12. The van der Waals surface area contributed by atoms with Crippen LogP contribution in [0.3, 0.4) is 0 Å². The summed E-state index contributed by atoms with van der Waals surface area (Å²) in [4.78, 5) is 19.4. The largest absolute Gasteiger partial charge is 0.324 e. The van der Waals surface area contributed by atoms with Gasteiger partial charge in [0.2, 0.25) is 0 Å². The highest BCUT2D eigenvalue weighted by Gasteiger charge is 2.26. The van der Waals surface area contributed by atoms with Crippen molar-refractivity contribution in [2.24, 2.45) is 28.7 Å². The van der Waals surface area contributed by atoms with E-state index in [1.165, 1.54) is 40.6 Å². The van der Waals surface area contributed by atoms with Crippen molar-refractivity contribution in [2.75, 3.05) is 18.0 Å². The van der Waals surface area contributed by atoms with Gasteiger partial charge in [-0.1, -0.05) is 154 Å². The number of imidazole rings is 1. The number of aromatic nitrogens is 2. The van der Waals surface area contributed by atoms with Crippen molar-refractivity contribution in [3.63, 3.8) is 0 Å². The Morgan fingerprint density at radius 3 is 1.42 bits per heavy atom. The van der Waals surface area contributed by atoms with Gasteiger partial charge in [-0.15, -0.1) is 0 Å². The van der Waals surface area contributed by atoms with E-state index >= 15 is 0 Å². The lowest BCUT2D eigenvalue weighted by Crippen LogP contribution is -2.30. The Kier molecular flexibility index (Phi) is 19.3. The number of hydrogen-bond acceptors (Lipinski definition) is 4. The molecular weight excluding hydrogens is 723 g/mol. The van der Waals surface area contributed by atoms with Crippen LogP contribution in [0.1, 0.15) is 104 Å². The van der Waals surface area contributed by atoms with E-state index in [0.29, 0.717) is 23.7 Å². The Hall–Kier alpha value is -5.97. The van der Waals surface area contributed by atoms with E-state index in [0.717, 1.165) is 72.9 Å². The summed E-state index contributed by atoms with van der Waals surface area (Å²) in [6, 6.07) is 30.8. The average Bonchev–Trinajstić information content (AvgIpc) is 3.90. The van der Waals surface area contributed by atoms with Crippen molar-refractivity contribution in [3.05, 3.63) is 148 Å². The van der Waals surface area contributed by atoms with Crippen molar-refractivity contribution in [3.8, 4) is 23.1 Å². The Morgan fingerprint density at radius 1 is 0.644 bits per heavy atom. The molecule has 1 aliphatic rings. The van der Waals surface area contributed by atoms with Crippen LogP contribution < -0.4 is 4.90 Å². The molecule has 59 heavy (non-hydrogen) atoms. The molecule has 1 aromatic heterocycles. The van der Waals surface area contributed by atoms with E-state index in [1.54, 1.807) is 6.07 Å². The van der Waals surface area contributed by atoms with Crippen LogP contribution in [0.5, 0.6) is 0 Å². The molecule has 0 unspecified atom stereocenters. The molecule has 6 rings (SSSR count). The molecule has 0 amide bonds. The Labute approximate surface area is 356 Å². The number of hydrogen-bond donors (Lipinski definition) is 0. The summed E-state index contributed by atoms with van der Waals surface area (Å²) < 4.78 is 2.21. The molecule has 0 radical (unpaired) electrons. The molecule has 0 aliphatic carbocycles. The number of benzene rings is 4. The number of aliphatic imine (C=N–C) groups is 1. The first-order valence-electron chi connectivity index (χ1n) is 21.2. The lowest BCUT2D eigenvalue weighted by atomic mass is 9.92. The Bertz CT molecular complexity index is 2140. The molecule has 0 saturated carbocycles. The van der Waals surface area contributed by atoms with Gasteiger partial charge < -0.3 is 4.90 Å². The van der Waals surface area contributed by atoms with E-state index in [1.807, 2.05) is 50.5 Å². The molecule has 5 aromatic rings. The highest BCUT2D eigenvalue weighted by molar-refractivity contribution is 6.12. The molecule has 0 N–H and O–H groups in total. The summed E-state index contributed by atoms with van der Waals surface area (Å²) >= 11 is 0. The molecule has 0 bridgehead atoms. The molecule has 2 heterocycles. The van der Waals surface area contributed by atoms with E-state index in [-0.39, 0.29) is 0 Å². The van der Waals surface area contributed by atoms with Gasteiger partial charge in [0.25, 0.3) is 0 Å². The van der Waals surface area contributed by atoms with Crippen LogP contribution >= 0.6 is 0 Å². The van der Waals surface area contributed by atoms with Crippen molar-refractivity contribution in [1.29, 1.82) is 5.26 Å². The molecule has 7 nitrogen and oxygen atoms in total. The topological polar surface area (TPSA) is 65.9 Å². The van der Waals surface area contributed by atoms with Gasteiger partial charge in [-0.05, 0) is 71.6 Å². The first-order valence-corrected chi connectivity index (χ1v) is 21.2. The van der Waals surface area contributed by atoms with Gasteiger partial charge in [0, 0.05) is 42.7 Å². The van der Waals surface area contributed by atoms with Gasteiger partial charge in [-0.3, -0.25) is 9.56 Å². The molecule has 0 spiro atoms. The third kappa shape index (κ3) is 13.6. The zero-order chi connectivity index (χ0) is 43.5. The Balaban J connectivity index is 0.000000285. The van der Waals surface area contributed by atoms with E-state index < -0.39 is 0 Å². The molecule has 0 fully saturated rings. The first kappa shape index (κ1) is 47.4. The maximum Gasteiger partial charge on any atom is 0.187 e. The summed E-state index contributed by atoms with van der Waals surface area (Å²) in [6.45, 7) is 40.1. The fraction of sp³-hybridized carbons (Fsp3) is 0.404. The minimum atomic E-state index is 0.514. The van der Waals surface area contributed by atoms with Gasteiger partial charge in [-0.25, -0.2) is 14.7 Å². The molecule has 4 aromatic carbocycles. The molecule has 7 heteroatoms. The smallest absolute Gasteiger partial charge is 0.187 e. The van der Waals surface area contributed by atoms with Crippen LogP contribution in [0.2, 0.25) is 0 Å². The number of nitriles is 1. The standard InChI is InChI=1S/C24H29N3.C24H27N3.C2H3N.C2H6/c2*1-17(2)13-20-15-22(25-5)16-21(14-18(3)4)23(20)27-12-11-26-24(27)19-9-7-6-8-10-19;1-2-3;1-2/h6-10,15-18H,11-14H2,1-4H3;6-12,15-18H,13-14H2,1-4H3;1H3;1-2H3.